The molecule has 148 valence electrons. The van der Waals surface area contributed by atoms with Gasteiger partial charge in [0.1, 0.15) is 6.10 Å². The van der Waals surface area contributed by atoms with Gasteiger partial charge in [-0.2, -0.15) is 18.3 Å². The number of rotatable bonds is 3. The van der Waals surface area contributed by atoms with Gasteiger partial charge in [-0.3, -0.25) is 14.8 Å². The van der Waals surface area contributed by atoms with E-state index >= 15 is 0 Å². The molecule has 2 aliphatic rings. The molecule has 2 N–H and O–H groups in total. The molecule has 2 aromatic rings. The first-order chi connectivity index (χ1) is 13.3. The van der Waals surface area contributed by atoms with Crippen LogP contribution in [0.25, 0.3) is 11.3 Å². The molecule has 1 aliphatic heterocycles. The maximum absolute atomic E-state index is 12.3. The number of amides is 2. The van der Waals surface area contributed by atoms with Gasteiger partial charge >= 0.3 is 18.2 Å². The van der Waals surface area contributed by atoms with Crippen molar-refractivity contribution >= 4 is 17.7 Å². The van der Waals surface area contributed by atoms with E-state index in [-0.39, 0.29) is 6.54 Å². The highest BCUT2D eigenvalue weighted by Crippen LogP contribution is 2.34. The summed E-state index contributed by atoms with van der Waals surface area (Å²) in [5, 5.41) is 8.85. The minimum absolute atomic E-state index is 0.0606. The summed E-state index contributed by atoms with van der Waals surface area (Å²) in [7, 11) is 0. The summed E-state index contributed by atoms with van der Waals surface area (Å²) < 4.78 is 41.9. The molecule has 1 unspecified atom stereocenters. The second kappa shape index (κ2) is 6.84. The summed E-state index contributed by atoms with van der Waals surface area (Å²) >= 11 is 0. The Kier molecular flexibility index (Phi) is 4.48. The summed E-state index contributed by atoms with van der Waals surface area (Å²) in [6.45, 7) is -0.339. The minimum atomic E-state index is -4.97. The number of cyclic esters (lactones) is 1. The summed E-state index contributed by atoms with van der Waals surface area (Å²) in [6, 6.07) is 5.56. The number of aromatic nitrogens is 2. The van der Waals surface area contributed by atoms with Gasteiger partial charge in [0.2, 0.25) is 0 Å². The van der Waals surface area contributed by atoms with E-state index in [2.05, 4.69) is 10.2 Å². The molecular formula is C18H17F3N4O3. The molecule has 1 atom stereocenters. The van der Waals surface area contributed by atoms with Gasteiger partial charge in [-0.15, -0.1) is 0 Å². The number of nitrogens with zero attached hydrogens (tertiary/aromatic N) is 2. The SMILES string of the molecule is O=C1OC(CNC(=O)C(F)(F)F)CN1c1ccc2c(c1)CCCc1cn[nH]c1-2. The Morgan fingerprint density at radius 1 is 1.32 bits per heavy atom. The zero-order valence-corrected chi connectivity index (χ0v) is 14.7. The lowest BCUT2D eigenvalue weighted by molar-refractivity contribution is -0.173. The minimum Gasteiger partial charge on any atom is -0.442 e. The van der Waals surface area contributed by atoms with E-state index in [1.165, 1.54) is 4.90 Å². The van der Waals surface area contributed by atoms with Gasteiger partial charge in [-0.1, -0.05) is 6.07 Å². The number of fused-ring (bicyclic) bond motifs is 3. The van der Waals surface area contributed by atoms with E-state index in [4.69, 9.17) is 4.74 Å². The number of hydrogen-bond acceptors (Lipinski definition) is 4. The zero-order chi connectivity index (χ0) is 19.9. The summed E-state index contributed by atoms with van der Waals surface area (Å²) in [6.07, 6.45) is -1.97. The molecule has 4 rings (SSSR count). The van der Waals surface area contributed by atoms with Crippen LogP contribution < -0.4 is 10.2 Å². The van der Waals surface area contributed by atoms with Crippen LogP contribution in [-0.4, -0.2) is 47.6 Å². The first-order valence-corrected chi connectivity index (χ1v) is 8.81. The highest BCUT2D eigenvalue weighted by atomic mass is 19.4. The Balaban J connectivity index is 1.49. The molecule has 0 saturated carbocycles. The molecular weight excluding hydrogens is 377 g/mol. The number of carbonyl (C=O) groups excluding carboxylic acids is 2. The summed E-state index contributed by atoms with van der Waals surface area (Å²) in [4.78, 5) is 24.5. The second-order valence-electron chi connectivity index (χ2n) is 6.79. The highest BCUT2D eigenvalue weighted by molar-refractivity contribution is 5.90. The number of alkyl halides is 3. The largest absolute Gasteiger partial charge is 0.471 e. The number of aryl methyl sites for hydroxylation is 2. The fraction of sp³-hybridized carbons (Fsp3) is 0.389. The lowest BCUT2D eigenvalue weighted by atomic mass is 10.0. The van der Waals surface area contributed by atoms with Crippen LogP contribution in [0.5, 0.6) is 0 Å². The number of ether oxygens (including phenoxy) is 1. The molecule has 0 radical (unpaired) electrons. The smallest absolute Gasteiger partial charge is 0.442 e. The maximum atomic E-state index is 12.3. The van der Waals surface area contributed by atoms with Gasteiger partial charge in [0.25, 0.3) is 0 Å². The first kappa shape index (κ1) is 18.3. The third kappa shape index (κ3) is 3.41. The van der Waals surface area contributed by atoms with Crippen molar-refractivity contribution in [3.8, 4) is 11.3 Å². The van der Waals surface area contributed by atoms with E-state index in [0.717, 1.165) is 41.6 Å². The first-order valence-electron chi connectivity index (χ1n) is 8.81. The third-order valence-electron chi connectivity index (χ3n) is 4.90. The predicted octanol–water partition coefficient (Wildman–Crippen LogP) is 2.57. The molecule has 1 aromatic heterocycles. The predicted molar refractivity (Wildman–Crippen MR) is 92.7 cm³/mol. The molecule has 1 saturated heterocycles. The fourth-order valence-corrected chi connectivity index (χ4v) is 3.55. The van der Waals surface area contributed by atoms with Crippen molar-refractivity contribution in [3.05, 3.63) is 35.5 Å². The Morgan fingerprint density at radius 2 is 2.11 bits per heavy atom. The van der Waals surface area contributed by atoms with Crippen LogP contribution in [0.3, 0.4) is 0 Å². The van der Waals surface area contributed by atoms with E-state index in [9.17, 15) is 22.8 Å². The van der Waals surface area contributed by atoms with E-state index in [0.29, 0.717) is 5.69 Å². The Hall–Kier alpha value is -3.04. The molecule has 0 bridgehead atoms. The molecule has 1 aliphatic carbocycles. The van der Waals surface area contributed by atoms with Crippen LogP contribution in [0.2, 0.25) is 0 Å². The van der Waals surface area contributed by atoms with E-state index in [1.54, 1.807) is 11.4 Å². The fourth-order valence-electron chi connectivity index (χ4n) is 3.55. The lowest BCUT2D eigenvalue weighted by Crippen LogP contribution is -2.41. The number of carbonyl (C=O) groups is 2. The Labute approximate surface area is 157 Å². The van der Waals surface area contributed by atoms with Gasteiger partial charge in [0, 0.05) is 11.3 Å². The van der Waals surface area contributed by atoms with Gasteiger partial charge in [0.15, 0.2) is 0 Å². The van der Waals surface area contributed by atoms with Crippen molar-refractivity contribution in [1.82, 2.24) is 15.5 Å². The van der Waals surface area contributed by atoms with Crippen molar-refractivity contribution in [2.75, 3.05) is 18.0 Å². The molecule has 2 amide bonds. The normalized spacial score (nSPS) is 18.9. The van der Waals surface area contributed by atoms with Crippen molar-refractivity contribution in [2.24, 2.45) is 0 Å². The standard InChI is InChI=1S/C18H17F3N4O3/c19-18(20,21)16(26)22-8-13-9-25(17(27)28-13)12-4-5-14-10(6-12)2-1-3-11-7-23-24-15(11)14/h4-7,13H,1-3,8-9H2,(H,22,26)(H,23,24). The Morgan fingerprint density at radius 3 is 2.89 bits per heavy atom. The molecule has 7 nitrogen and oxygen atoms in total. The van der Waals surface area contributed by atoms with Gasteiger partial charge < -0.3 is 10.1 Å². The average molecular weight is 394 g/mol. The van der Waals surface area contributed by atoms with Gasteiger partial charge in [0.05, 0.1) is 25.0 Å². The Bertz CT molecular complexity index is 925. The van der Waals surface area contributed by atoms with Crippen molar-refractivity contribution in [2.45, 2.75) is 31.5 Å². The van der Waals surface area contributed by atoms with E-state index < -0.39 is 30.8 Å². The van der Waals surface area contributed by atoms with Crippen molar-refractivity contribution in [3.63, 3.8) is 0 Å². The monoisotopic (exact) mass is 394 g/mol. The molecule has 10 heteroatoms. The quantitative estimate of drug-likeness (QED) is 0.838. The van der Waals surface area contributed by atoms with Crippen LogP contribution in [-0.2, 0) is 22.4 Å². The van der Waals surface area contributed by atoms with Crippen LogP contribution in [0, 0.1) is 0 Å². The van der Waals surface area contributed by atoms with Crippen LogP contribution in [0.15, 0.2) is 24.4 Å². The van der Waals surface area contributed by atoms with Gasteiger partial charge in [-0.05, 0) is 42.5 Å². The molecule has 28 heavy (non-hydrogen) atoms. The number of H-pyrrole nitrogens is 1. The van der Waals surface area contributed by atoms with E-state index in [1.807, 2.05) is 18.3 Å². The summed E-state index contributed by atoms with van der Waals surface area (Å²) in [5.41, 5.74) is 4.80. The molecule has 2 heterocycles. The zero-order valence-electron chi connectivity index (χ0n) is 14.7. The van der Waals surface area contributed by atoms with Crippen LogP contribution in [0.1, 0.15) is 17.5 Å². The molecule has 1 fully saturated rings. The summed E-state index contributed by atoms with van der Waals surface area (Å²) in [5.74, 6) is -2.05. The number of aromatic amines is 1. The molecule has 1 aromatic carbocycles. The van der Waals surface area contributed by atoms with Crippen LogP contribution >= 0.6 is 0 Å². The number of benzene rings is 1. The third-order valence-corrected chi connectivity index (χ3v) is 4.90. The van der Waals surface area contributed by atoms with Crippen molar-refractivity contribution < 1.29 is 27.5 Å². The van der Waals surface area contributed by atoms with Gasteiger partial charge in [-0.25, -0.2) is 4.79 Å². The van der Waals surface area contributed by atoms with Crippen molar-refractivity contribution in [1.29, 1.82) is 0 Å². The number of anilines is 1. The topological polar surface area (TPSA) is 87.3 Å². The average Bonchev–Trinajstić information content (AvgIpc) is 3.21. The second-order valence-corrected chi connectivity index (χ2v) is 6.79. The maximum Gasteiger partial charge on any atom is 0.471 e. The highest BCUT2D eigenvalue weighted by Gasteiger charge is 2.40. The number of nitrogens with one attached hydrogen (secondary N) is 2. The lowest BCUT2D eigenvalue weighted by Gasteiger charge is -2.16. The number of hydrogen-bond donors (Lipinski definition) is 2. The van der Waals surface area contributed by atoms with Crippen LogP contribution in [0.4, 0.5) is 23.7 Å². The molecule has 0 spiro atoms. The number of halogens is 3.